The van der Waals surface area contributed by atoms with Crippen LogP contribution in [0.5, 0.6) is 11.5 Å². The van der Waals surface area contributed by atoms with Crippen molar-refractivity contribution in [3.63, 3.8) is 0 Å². The minimum Gasteiger partial charge on any atom is -0.457 e. The van der Waals surface area contributed by atoms with Crippen molar-refractivity contribution in [1.29, 1.82) is 0 Å². The molecular formula is C23H24N4O2. The summed E-state index contributed by atoms with van der Waals surface area (Å²) in [6.45, 7) is 0.544. The SMILES string of the molecule is CN(Cc1ccc(Oc2ccccc2)cc1)C(=O)C1CC(c2ccncc2)NN1. The number of pyridine rings is 1. The summed E-state index contributed by atoms with van der Waals surface area (Å²) in [5, 5.41) is 0. The monoisotopic (exact) mass is 388 g/mol. The molecule has 0 bridgehead atoms. The van der Waals surface area contributed by atoms with Crippen LogP contribution in [0.15, 0.2) is 79.1 Å². The minimum absolute atomic E-state index is 0.0682. The first kappa shape index (κ1) is 19.1. The molecule has 4 rings (SSSR count). The molecule has 2 N–H and O–H groups in total. The second-order valence-corrected chi connectivity index (χ2v) is 7.16. The molecule has 0 aliphatic carbocycles. The third-order valence-corrected chi connectivity index (χ3v) is 5.01. The quantitative estimate of drug-likeness (QED) is 0.677. The first-order chi connectivity index (χ1) is 14.2. The number of likely N-dealkylation sites (N-methyl/N-ethyl adjacent to an activating group) is 1. The fraction of sp³-hybridized carbons (Fsp3) is 0.217. The number of nitrogens with zero attached hydrogens (tertiary/aromatic N) is 2. The Bertz CT molecular complexity index is 932. The molecule has 2 heterocycles. The van der Waals surface area contributed by atoms with Crippen LogP contribution in [-0.2, 0) is 11.3 Å². The topological polar surface area (TPSA) is 66.5 Å². The van der Waals surface area contributed by atoms with Crippen LogP contribution in [0.4, 0.5) is 0 Å². The summed E-state index contributed by atoms with van der Waals surface area (Å²) in [6.07, 6.45) is 4.24. The Labute approximate surface area is 170 Å². The van der Waals surface area contributed by atoms with Crippen molar-refractivity contribution < 1.29 is 9.53 Å². The van der Waals surface area contributed by atoms with Crippen LogP contribution >= 0.6 is 0 Å². The predicted molar refractivity (Wildman–Crippen MR) is 111 cm³/mol. The summed E-state index contributed by atoms with van der Waals surface area (Å²) in [5.41, 5.74) is 8.52. The molecule has 1 aliphatic heterocycles. The van der Waals surface area contributed by atoms with Gasteiger partial charge in [-0.2, -0.15) is 0 Å². The van der Waals surface area contributed by atoms with Gasteiger partial charge in [-0.1, -0.05) is 30.3 Å². The van der Waals surface area contributed by atoms with Gasteiger partial charge in [0.1, 0.15) is 17.5 Å². The molecule has 148 valence electrons. The molecule has 0 radical (unpaired) electrons. The number of para-hydroxylation sites is 1. The molecule has 6 heteroatoms. The molecule has 2 atom stereocenters. The molecule has 2 unspecified atom stereocenters. The standard InChI is InChI=1S/C23H24N4O2/c1-27(23(28)22-15-21(25-26-22)18-11-13-24-14-12-18)16-17-7-9-20(10-8-17)29-19-5-3-2-4-6-19/h2-14,21-22,25-26H,15-16H2,1H3. The average molecular weight is 388 g/mol. The lowest BCUT2D eigenvalue weighted by molar-refractivity contribution is -0.132. The number of hydrazine groups is 1. The molecule has 6 nitrogen and oxygen atoms in total. The normalized spacial score (nSPS) is 18.4. The van der Waals surface area contributed by atoms with Crippen LogP contribution < -0.4 is 15.6 Å². The molecule has 1 saturated heterocycles. The third kappa shape index (κ3) is 4.80. The lowest BCUT2D eigenvalue weighted by Gasteiger charge is -2.21. The van der Waals surface area contributed by atoms with Crippen molar-refractivity contribution >= 4 is 5.91 Å². The predicted octanol–water partition coefficient (Wildman–Crippen LogP) is 3.44. The number of benzene rings is 2. The van der Waals surface area contributed by atoms with E-state index in [1.807, 2.05) is 73.8 Å². The third-order valence-electron chi connectivity index (χ3n) is 5.01. The highest BCUT2D eigenvalue weighted by Crippen LogP contribution is 2.24. The number of hydrogen-bond acceptors (Lipinski definition) is 5. The fourth-order valence-corrected chi connectivity index (χ4v) is 3.44. The van der Waals surface area contributed by atoms with E-state index >= 15 is 0 Å². The van der Waals surface area contributed by atoms with Gasteiger partial charge < -0.3 is 9.64 Å². The first-order valence-electron chi connectivity index (χ1n) is 9.67. The van der Waals surface area contributed by atoms with Gasteiger partial charge in [0.05, 0.1) is 0 Å². The van der Waals surface area contributed by atoms with Gasteiger partial charge in [-0.25, -0.2) is 10.9 Å². The maximum atomic E-state index is 12.8. The number of aromatic nitrogens is 1. The molecule has 1 amide bonds. The van der Waals surface area contributed by atoms with Gasteiger partial charge in [-0.3, -0.25) is 9.78 Å². The van der Waals surface area contributed by atoms with Crippen molar-refractivity contribution in [1.82, 2.24) is 20.7 Å². The summed E-state index contributed by atoms with van der Waals surface area (Å²) in [6, 6.07) is 21.3. The molecule has 1 aliphatic rings. The summed E-state index contributed by atoms with van der Waals surface area (Å²) < 4.78 is 5.82. The average Bonchev–Trinajstić information content (AvgIpc) is 3.26. The highest BCUT2D eigenvalue weighted by molar-refractivity contribution is 5.82. The van der Waals surface area contributed by atoms with Gasteiger partial charge in [0.2, 0.25) is 5.91 Å². The molecule has 1 aromatic heterocycles. The van der Waals surface area contributed by atoms with E-state index in [-0.39, 0.29) is 18.0 Å². The smallest absolute Gasteiger partial charge is 0.241 e. The van der Waals surface area contributed by atoms with Gasteiger partial charge in [0.15, 0.2) is 0 Å². The zero-order valence-electron chi connectivity index (χ0n) is 16.3. The zero-order chi connectivity index (χ0) is 20.1. The van der Waals surface area contributed by atoms with E-state index in [1.165, 1.54) is 0 Å². The Morgan fingerprint density at radius 1 is 1.00 bits per heavy atom. The first-order valence-corrected chi connectivity index (χ1v) is 9.67. The van der Waals surface area contributed by atoms with Crippen molar-refractivity contribution in [2.75, 3.05) is 7.05 Å². The van der Waals surface area contributed by atoms with E-state index in [9.17, 15) is 4.79 Å². The lowest BCUT2D eigenvalue weighted by atomic mass is 10.0. The van der Waals surface area contributed by atoms with Gasteiger partial charge in [-0.05, 0) is 53.9 Å². The highest BCUT2D eigenvalue weighted by atomic mass is 16.5. The molecule has 3 aromatic rings. The van der Waals surface area contributed by atoms with Gasteiger partial charge in [-0.15, -0.1) is 0 Å². The molecule has 29 heavy (non-hydrogen) atoms. The lowest BCUT2D eigenvalue weighted by Crippen LogP contribution is -2.43. The summed E-state index contributed by atoms with van der Waals surface area (Å²) in [4.78, 5) is 18.6. The summed E-state index contributed by atoms with van der Waals surface area (Å²) in [7, 11) is 1.83. The second-order valence-electron chi connectivity index (χ2n) is 7.16. The van der Waals surface area contributed by atoms with E-state index in [2.05, 4.69) is 15.8 Å². The molecule has 1 fully saturated rings. The number of carbonyl (C=O) groups is 1. The summed E-state index contributed by atoms with van der Waals surface area (Å²) >= 11 is 0. The highest BCUT2D eigenvalue weighted by Gasteiger charge is 2.31. The van der Waals surface area contributed by atoms with Crippen LogP contribution in [-0.4, -0.2) is 28.9 Å². The Hall–Kier alpha value is -3.22. The van der Waals surface area contributed by atoms with Crippen LogP contribution in [0, 0.1) is 0 Å². The fourth-order valence-electron chi connectivity index (χ4n) is 3.44. The van der Waals surface area contributed by atoms with Crippen molar-refractivity contribution in [3.05, 3.63) is 90.3 Å². The van der Waals surface area contributed by atoms with Gasteiger partial charge in [0, 0.05) is 32.0 Å². The number of ether oxygens (including phenoxy) is 1. The molecule has 0 spiro atoms. The number of hydrogen-bond donors (Lipinski definition) is 2. The largest absolute Gasteiger partial charge is 0.457 e. The van der Waals surface area contributed by atoms with Crippen molar-refractivity contribution in [3.8, 4) is 11.5 Å². The van der Waals surface area contributed by atoms with E-state index in [0.717, 1.165) is 22.6 Å². The number of amides is 1. The molecule has 2 aromatic carbocycles. The van der Waals surface area contributed by atoms with Crippen LogP contribution in [0.25, 0.3) is 0 Å². The van der Waals surface area contributed by atoms with Gasteiger partial charge in [0.25, 0.3) is 0 Å². The van der Waals surface area contributed by atoms with Gasteiger partial charge >= 0.3 is 0 Å². The van der Waals surface area contributed by atoms with E-state index in [4.69, 9.17) is 4.74 Å². The van der Waals surface area contributed by atoms with Crippen LogP contribution in [0.2, 0.25) is 0 Å². The van der Waals surface area contributed by atoms with Crippen molar-refractivity contribution in [2.45, 2.75) is 25.0 Å². The minimum atomic E-state index is -0.251. The van der Waals surface area contributed by atoms with E-state index < -0.39 is 0 Å². The molecular weight excluding hydrogens is 364 g/mol. The van der Waals surface area contributed by atoms with E-state index in [1.54, 1.807) is 17.3 Å². The Morgan fingerprint density at radius 2 is 1.69 bits per heavy atom. The van der Waals surface area contributed by atoms with E-state index in [0.29, 0.717) is 13.0 Å². The van der Waals surface area contributed by atoms with Crippen LogP contribution in [0.3, 0.4) is 0 Å². The number of rotatable bonds is 6. The Kier molecular flexibility index (Phi) is 5.84. The maximum Gasteiger partial charge on any atom is 0.241 e. The van der Waals surface area contributed by atoms with Crippen molar-refractivity contribution in [2.24, 2.45) is 0 Å². The zero-order valence-corrected chi connectivity index (χ0v) is 16.3. The molecule has 0 saturated carbocycles. The Balaban J connectivity index is 1.32. The van der Waals surface area contributed by atoms with Crippen LogP contribution in [0.1, 0.15) is 23.6 Å². The summed E-state index contributed by atoms with van der Waals surface area (Å²) in [5.74, 6) is 1.64. The maximum absolute atomic E-state index is 12.8. The Morgan fingerprint density at radius 3 is 2.41 bits per heavy atom. The number of carbonyl (C=O) groups excluding carboxylic acids is 1. The number of nitrogens with one attached hydrogen (secondary N) is 2. The second kappa shape index (κ2) is 8.86.